The molecule has 1 aromatic carbocycles. The summed E-state index contributed by atoms with van der Waals surface area (Å²) in [7, 11) is 0. The molecule has 0 saturated carbocycles. The van der Waals surface area contributed by atoms with E-state index in [1.807, 2.05) is 18.2 Å². The lowest BCUT2D eigenvalue weighted by Crippen LogP contribution is -2.11. The van der Waals surface area contributed by atoms with Gasteiger partial charge in [0.1, 0.15) is 0 Å². The van der Waals surface area contributed by atoms with E-state index in [2.05, 4.69) is 5.10 Å². The van der Waals surface area contributed by atoms with Crippen molar-refractivity contribution in [2.45, 2.75) is 6.54 Å². The van der Waals surface area contributed by atoms with Crippen LogP contribution >= 0.6 is 23.4 Å². The van der Waals surface area contributed by atoms with E-state index in [0.717, 1.165) is 16.1 Å². The highest BCUT2D eigenvalue weighted by molar-refractivity contribution is 6.30. The van der Waals surface area contributed by atoms with E-state index in [1.54, 1.807) is 6.21 Å². The average Bonchev–Trinajstić information content (AvgIpc) is 2.03. The van der Waals surface area contributed by atoms with Crippen molar-refractivity contribution in [1.82, 2.24) is 4.53 Å². The van der Waals surface area contributed by atoms with Gasteiger partial charge in [0.05, 0.1) is 12.8 Å². The van der Waals surface area contributed by atoms with Gasteiger partial charge in [-0.1, -0.05) is 17.7 Å². The first-order valence-corrected chi connectivity index (χ1v) is 4.23. The number of nitrogens with zero attached hydrogens (tertiary/aromatic N) is 2. The number of fused-ring (bicyclic) bond motifs is 1. The van der Waals surface area contributed by atoms with Gasteiger partial charge >= 0.3 is 0 Å². The molecule has 4 heteroatoms. The lowest BCUT2D eigenvalue weighted by Gasteiger charge is -2.16. The van der Waals surface area contributed by atoms with E-state index in [9.17, 15) is 0 Å². The van der Waals surface area contributed by atoms with Crippen LogP contribution in [-0.4, -0.2) is 10.7 Å². The van der Waals surface area contributed by atoms with Gasteiger partial charge < -0.3 is 0 Å². The Hall–Kier alpha value is -0.730. The van der Waals surface area contributed by atoms with E-state index in [4.69, 9.17) is 23.4 Å². The first-order chi connectivity index (χ1) is 5.75. The molecule has 0 N–H and O–H groups in total. The molecule has 0 saturated heterocycles. The third-order valence-corrected chi connectivity index (χ3v) is 2.17. The summed E-state index contributed by atoms with van der Waals surface area (Å²) in [5.41, 5.74) is 2.18. The fourth-order valence-corrected chi connectivity index (χ4v) is 1.51. The van der Waals surface area contributed by atoms with Crippen LogP contribution in [0.25, 0.3) is 0 Å². The van der Waals surface area contributed by atoms with Gasteiger partial charge in [-0.3, -0.25) is 0 Å². The quantitative estimate of drug-likeness (QED) is 0.589. The van der Waals surface area contributed by atoms with Crippen molar-refractivity contribution < 1.29 is 0 Å². The third-order valence-electron chi connectivity index (χ3n) is 1.73. The molecular weight excluding hydrogens is 195 g/mol. The Labute approximate surface area is 80.5 Å². The van der Waals surface area contributed by atoms with Crippen LogP contribution in [0.15, 0.2) is 23.3 Å². The molecule has 1 aliphatic rings. The van der Waals surface area contributed by atoms with E-state index in [0.29, 0.717) is 6.54 Å². The van der Waals surface area contributed by atoms with E-state index in [-0.39, 0.29) is 0 Å². The minimum absolute atomic E-state index is 0.605. The molecule has 0 aliphatic carbocycles. The summed E-state index contributed by atoms with van der Waals surface area (Å²) in [5.74, 6) is 0. The Morgan fingerprint density at radius 3 is 3.08 bits per heavy atom. The summed E-state index contributed by atoms with van der Waals surface area (Å²) in [5, 5.41) is 4.66. The van der Waals surface area contributed by atoms with Crippen molar-refractivity contribution in [3.05, 3.63) is 34.3 Å². The van der Waals surface area contributed by atoms with Crippen LogP contribution in [0.2, 0.25) is 5.02 Å². The van der Waals surface area contributed by atoms with Crippen molar-refractivity contribution in [3.63, 3.8) is 0 Å². The molecule has 0 fully saturated rings. The Kier molecular flexibility index (Phi) is 1.95. The number of halogens is 2. The van der Waals surface area contributed by atoms with Crippen LogP contribution in [0.1, 0.15) is 11.1 Å². The Morgan fingerprint density at radius 2 is 2.25 bits per heavy atom. The highest BCUT2D eigenvalue weighted by atomic mass is 35.5. The third kappa shape index (κ3) is 1.40. The number of rotatable bonds is 0. The normalized spacial score (nSPS) is 14.7. The van der Waals surface area contributed by atoms with Gasteiger partial charge in [-0.05, 0) is 23.3 Å². The van der Waals surface area contributed by atoms with Crippen molar-refractivity contribution in [1.29, 1.82) is 0 Å². The monoisotopic (exact) mass is 200 g/mol. The first-order valence-electron chi connectivity index (χ1n) is 3.51. The molecule has 0 unspecified atom stereocenters. The largest absolute Gasteiger partial charge is 0.201 e. The van der Waals surface area contributed by atoms with Gasteiger partial charge in [0, 0.05) is 16.8 Å². The van der Waals surface area contributed by atoms with Crippen LogP contribution in [-0.2, 0) is 6.54 Å². The number of benzene rings is 1. The summed E-state index contributed by atoms with van der Waals surface area (Å²) < 4.78 is 1.36. The molecule has 0 bridgehead atoms. The van der Waals surface area contributed by atoms with Gasteiger partial charge in [0.25, 0.3) is 0 Å². The first kappa shape index (κ1) is 7.90. The topological polar surface area (TPSA) is 15.6 Å². The van der Waals surface area contributed by atoms with Crippen LogP contribution in [0.5, 0.6) is 0 Å². The Balaban J connectivity index is 2.47. The Morgan fingerprint density at radius 1 is 1.42 bits per heavy atom. The van der Waals surface area contributed by atoms with Crippen LogP contribution in [0.3, 0.4) is 0 Å². The average molecular weight is 201 g/mol. The maximum atomic E-state index is 5.82. The van der Waals surface area contributed by atoms with E-state index in [1.165, 1.54) is 4.53 Å². The molecule has 1 aliphatic heterocycles. The van der Waals surface area contributed by atoms with Crippen molar-refractivity contribution in [2.24, 2.45) is 5.10 Å². The van der Waals surface area contributed by atoms with Crippen LogP contribution in [0, 0.1) is 0 Å². The molecule has 0 atom stereocenters. The highest BCUT2D eigenvalue weighted by Crippen LogP contribution is 2.20. The molecular formula is C8H6Cl2N2. The molecule has 0 radical (unpaired) electrons. The van der Waals surface area contributed by atoms with Gasteiger partial charge in [0.15, 0.2) is 0 Å². The summed E-state index contributed by atoms with van der Waals surface area (Å²) in [4.78, 5) is 0. The fourth-order valence-electron chi connectivity index (χ4n) is 1.14. The summed E-state index contributed by atoms with van der Waals surface area (Å²) in [6.45, 7) is 0.605. The van der Waals surface area contributed by atoms with E-state index < -0.39 is 0 Å². The lowest BCUT2D eigenvalue weighted by molar-refractivity contribution is 0.476. The molecule has 2 rings (SSSR count). The lowest BCUT2D eigenvalue weighted by atomic mass is 10.1. The summed E-state index contributed by atoms with van der Waals surface area (Å²) in [6.07, 6.45) is 1.72. The molecule has 2 nitrogen and oxygen atoms in total. The van der Waals surface area contributed by atoms with Gasteiger partial charge in [-0.25, -0.2) is 4.53 Å². The van der Waals surface area contributed by atoms with Crippen LogP contribution < -0.4 is 0 Å². The minimum Gasteiger partial charge on any atom is -0.201 e. The smallest absolute Gasteiger partial charge is 0.0795 e. The molecule has 0 spiro atoms. The second kappa shape index (κ2) is 2.96. The number of hydrogen-bond acceptors (Lipinski definition) is 2. The zero-order valence-electron chi connectivity index (χ0n) is 6.17. The number of hydrazone groups is 1. The molecule has 1 aromatic rings. The van der Waals surface area contributed by atoms with Crippen molar-refractivity contribution in [2.75, 3.05) is 0 Å². The molecule has 62 valence electrons. The minimum atomic E-state index is 0.605. The number of hydrogen-bond donors (Lipinski definition) is 0. The molecule has 12 heavy (non-hydrogen) atoms. The predicted molar refractivity (Wildman–Crippen MR) is 50.4 cm³/mol. The zero-order valence-corrected chi connectivity index (χ0v) is 7.68. The van der Waals surface area contributed by atoms with Gasteiger partial charge in [0.2, 0.25) is 0 Å². The molecule has 0 aromatic heterocycles. The second-order valence-corrected chi connectivity index (χ2v) is 3.41. The summed E-state index contributed by atoms with van der Waals surface area (Å²) in [6, 6.07) is 5.68. The SMILES string of the molecule is Clc1ccc2c(c1)CN(Cl)N=C2. The summed E-state index contributed by atoms with van der Waals surface area (Å²) >= 11 is 11.5. The van der Waals surface area contributed by atoms with E-state index >= 15 is 0 Å². The van der Waals surface area contributed by atoms with Crippen molar-refractivity contribution in [3.8, 4) is 0 Å². The standard InChI is InChI=1S/C8H6Cl2N2/c9-8-2-1-6-4-11-12(10)5-7(6)3-8/h1-4H,5H2. The second-order valence-electron chi connectivity index (χ2n) is 2.58. The zero-order chi connectivity index (χ0) is 8.55. The van der Waals surface area contributed by atoms with Crippen LogP contribution in [0.4, 0.5) is 0 Å². The van der Waals surface area contributed by atoms with Gasteiger partial charge in [-0.15, -0.1) is 0 Å². The molecule has 1 heterocycles. The maximum Gasteiger partial charge on any atom is 0.0795 e. The highest BCUT2D eigenvalue weighted by Gasteiger charge is 2.09. The maximum absolute atomic E-state index is 5.82. The fraction of sp³-hybridized carbons (Fsp3) is 0.125. The Bertz CT molecular complexity index is 336. The van der Waals surface area contributed by atoms with Gasteiger partial charge in [-0.2, -0.15) is 5.10 Å². The molecule has 0 amide bonds. The predicted octanol–water partition coefficient (Wildman–Crippen LogP) is 2.64. The van der Waals surface area contributed by atoms with Crippen molar-refractivity contribution >= 4 is 29.6 Å².